The van der Waals surface area contributed by atoms with Crippen LogP contribution in [-0.4, -0.2) is 15.3 Å². The highest BCUT2D eigenvalue weighted by molar-refractivity contribution is 7.13. The summed E-state index contributed by atoms with van der Waals surface area (Å²) in [5.41, 5.74) is 1.46. The molecule has 5 nitrogen and oxygen atoms in total. The fraction of sp³-hybridized carbons (Fsp3) is 0.214. The van der Waals surface area contributed by atoms with Crippen LogP contribution in [0, 0.1) is 0 Å². The number of hydrogen-bond donors (Lipinski definition) is 1. The molecule has 0 bridgehead atoms. The molecule has 0 unspecified atom stereocenters. The number of thiazole rings is 1. The minimum absolute atomic E-state index is 0.00648. The Labute approximate surface area is 133 Å². The molecule has 0 saturated carbocycles. The molecule has 0 saturated heterocycles. The average Bonchev–Trinajstić information content (AvgIpc) is 3.18. The Morgan fingerprint density at radius 1 is 1.22 bits per heavy atom. The minimum Gasteiger partial charge on any atom is -0.332 e. The van der Waals surface area contributed by atoms with Crippen LogP contribution in [0.3, 0.4) is 0 Å². The van der Waals surface area contributed by atoms with Gasteiger partial charge in [0.15, 0.2) is 10.8 Å². The predicted molar refractivity (Wildman–Crippen MR) is 78.7 cm³/mol. The number of rotatable bonds is 4. The number of alkyl halides is 3. The van der Waals surface area contributed by atoms with Gasteiger partial charge in [-0.1, -0.05) is 29.4 Å². The van der Waals surface area contributed by atoms with Gasteiger partial charge < -0.3 is 5.32 Å². The monoisotopic (exact) mass is 340 g/mol. The number of anilines is 2. The van der Waals surface area contributed by atoms with E-state index in [4.69, 9.17) is 0 Å². The van der Waals surface area contributed by atoms with Crippen molar-refractivity contribution in [2.24, 2.45) is 0 Å². The van der Waals surface area contributed by atoms with Gasteiger partial charge >= 0.3 is 6.18 Å². The summed E-state index contributed by atoms with van der Waals surface area (Å²) in [5, 5.41) is 11.4. The summed E-state index contributed by atoms with van der Waals surface area (Å²) in [5.74, 6) is 0.00648. The Kier molecular flexibility index (Phi) is 4.03. The van der Waals surface area contributed by atoms with E-state index in [1.807, 2.05) is 19.1 Å². The van der Waals surface area contributed by atoms with E-state index < -0.39 is 11.9 Å². The summed E-state index contributed by atoms with van der Waals surface area (Å²) in [6.07, 6.45) is -2.88. The van der Waals surface area contributed by atoms with Crippen LogP contribution in [0.4, 0.5) is 24.0 Å². The van der Waals surface area contributed by atoms with Gasteiger partial charge in [-0.3, -0.25) is 0 Å². The predicted octanol–water partition coefficient (Wildman–Crippen LogP) is 4.44. The van der Waals surface area contributed by atoms with Crippen molar-refractivity contribution >= 4 is 22.2 Å². The Balaban J connectivity index is 1.71. The van der Waals surface area contributed by atoms with Crippen LogP contribution in [0.15, 0.2) is 40.5 Å². The second-order valence-electron chi connectivity index (χ2n) is 4.84. The van der Waals surface area contributed by atoms with E-state index in [9.17, 15) is 13.2 Å². The SMILES string of the molecule is C[C@H](c1ccc(Nc2nc(C(F)(F)F)cs2)cc1)c1cnon1. The molecule has 0 aliphatic carbocycles. The summed E-state index contributed by atoms with van der Waals surface area (Å²) in [4.78, 5) is 3.53. The average molecular weight is 340 g/mol. The Morgan fingerprint density at radius 3 is 2.52 bits per heavy atom. The van der Waals surface area contributed by atoms with Gasteiger partial charge in [-0.15, -0.1) is 11.3 Å². The smallest absolute Gasteiger partial charge is 0.332 e. The molecule has 2 aromatic heterocycles. The van der Waals surface area contributed by atoms with Crippen molar-refractivity contribution in [1.29, 1.82) is 0 Å². The molecule has 3 rings (SSSR count). The molecule has 3 aromatic rings. The van der Waals surface area contributed by atoms with E-state index in [1.165, 1.54) is 0 Å². The van der Waals surface area contributed by atoms with Crippen molar-refractivity contribution < 1.29 is 17.8 Å². The third-order valence-corrected chi connectivity index (χ3v) is 4.04. The van der Waals surface area contributed by atoms with Crippen molar-refractivity contribution in [3.8, 4) is 0 Å². The quantitative estimate of drug-likeness (QED) is 0.761. The molecule has 1 N–H and O–H groups in total. The van der Waals surface area contributed by atoms with Crippen molar-refractivity contribution in [2.45, 2.75) is 19.0 Å². The van der Waals surface area contributed by atoms with Crippen LogP contribution in [0.5, 0.6) is 0 Å². The highest BCUT2D eigenvalue weighted by atomic mass is 32.1. The van der Waals surface area contributed by atoms with E-state index in [0.717, 1.165) is 22.3 Å². The normalized spacial score (nSPS) is 13.0. The number of hydrogen-bond acceptors (Lipinski definition) is 6. The van der Waals surface area contributed by atoms with E-state index in [1.54, 1.807) is 18.3 Å². The van der Waals surface area contributed by atoms with Gasteiger partial charge in [0.05, 0.1) is 6.20 Å². The van der Waals surface area contributed by atoms with Gasteiger partial charge in [-0.05, 0) is 17.7 Å². The Bertz CT molecular complexity index is 768. The molecule has 0 fully saturated rings. The van der Waals surface area contributed by atoms with Crippen LogP contribution >= 0.6 is 11.3 Å². The first-order chi connectivity index (χ1) is 10.9. The van der Waals surface area contributed by atoms with Crippen molar-refractivity contribution in [1.82, 2.24) is 15.3 Å². The molecule has 0 aliphatic heterocycles. The summed E-state index contributed by atoms with van der Waals surface area (Å²) in [6.45, 7) is 1.96. The molecule has 1 aromatic carbocycles. The number of halogens is 3. The fourth-order valence-corrected chi connectivity index (χ4v) is 2.71. The number of benzene rings is 1. The Hall–Kier alpha value is -2.42. The maximum absolute atomic E-state index is 12.5. The molecule has 0 radical (unpaired) electrons. The second-order valence-corrected chi connectivity index (χ2v) is 5.69. The molecule has 120 valence electrons. The minimum atomic E-state index is -4.43. The highest BCUT2D eigenvalue weighted by Crippen LogP contribution is 2.33. The molecular formula is C14H11F3N4OS. The van der Waals surface area contributed by atoms with Crippen molar-refractivity contribution in [2.75, 3.05) is 5.32 Å². The lowest BCUT2D eigenvalue weighted by molar-refractivity contribution is -0.140. The third-order valence-electron chi connectivity index (χ3n) is 3.28. The number of nitrogens with zero attached hydrogens (tertiary/aromatic N) is 3. The zero-order valence-corrected chi connectivity index (χ0v) is 12.6. The van der Waals surface area contributed by atoms with Crippen LogP contribution in [-0.2, 0) is 6.18 Å². The molecule has 0 aliphatic rings. The van der Waals surface area contributed by atoms with Gasteiger partial charge in [0.2, 0.25) is 0 Å². The topological polar surface area (TPSA) is 63.8 Å². The second kappa shape index (κ2) is 5.99. The standard InChI is InChI=1S/C14H11F3N4OS/c1-8(11-6-18-22-21-11)9-2-4-10(5-3-9)19-13-20-12(7-23-13)14(15,16)17/h2-8H,1H3,(H,19,20)/t8-/m1/s1. The molecule has 2 heterocycles. The largest absolute Gasteiger partial charge is 0.434 e. The lowest BCUT2D eigenvalue weighted by Gasteiger charge is -2.09. The number of aromatic nitrogens is 3. The van der Waals surface area contributed by atoms with E-state index in [0.29, 0.717) is 11.4 Å². The summed E-state index contributed by atoms with van der Waals surface area (Å²) >= 11 is 0.907. The molecule has 0 spiro atoms. The van der Waals surface area contributed by atoms with Crippen molar-refractivity contribution in [3.63, 3.8) is 0 Å². The van der Waals surface area contributed by atoms with Gasteiger partial charge in [0.1, 0.15) is 5.69 Å². The first-order valence-electron chi connectivity index (χ1n) is 6.60. The summed E-state index contributed by atoms with van der Waals surface area (Å²) in [6, 6.07) is 7.27. The van der Waals surface area contributed by atoms with Crippen LogP contribution in [0.1, 0.15) is 29.8 Å². The summed E-state index contributed by atoms with van der Waals surface area (Å²) < 4.78 is 42.1. The van der Waals surface area contributed by atoms with Gasteiger partial charge in [-0.25, -0.2) is 9.61 Å². The Morgan fingerprint density at radius 2 is 1.96 bits per heavy atom. The first-order valence-corrected chi connectivity index (χ1v) is 7.48. The summed E-state index contributed by atoms with van der Waals surface area (Å²) in [7, 11) is 0. The maximum Gasteiger partial charge on any atom is 0.434 e. The first kappa shape index (κ1) is 15.5. The van der Waals surface area contributed by atoms with Gasteiger partial charge in [-0.2, -0.15) is 13.2 Å². The molecule has 0 amide bonds. The molecule has 1 atom stereocenters. The lowest BCUT2D eigenvalue weighted by atomic mass is 9.98. The molecular weight excluding hydrogens is 329 g/mol. The van der Waals surface area contributed by atoms with E-state index in [-0.39, 0.29) is 11.0 Å². The van der Waals surface area contributed by atoms with Crippen LogP contribution < -0.4 is 5.32 Å². The zero-order chi connectivity index (χ0) is 16.4. The van der Waals surface area contributed by atoms with E-state index in [2.05, 4.69) is 25.2 Å². The van der Waals surface area contributed by atoms with Crippen molar-refractivity contribution in [3.05, 3.63) is 52.8 Å². The molecule has 9 heteroatoms. The van der Waals surface area contributed by atoms with Crippen LogP contribution in [0.25, 0.3) is 0 Å². The highest BCUT2D eigenvalue weighted by Gasteiger charge is 2.33. The van der Waals surface area contributed by atoms with Gasteiger partial charge in [0.25, 0.3) is 0 Å². The van der Waals surface area contributed by atoms with Gasteiger partial charge in [0, 0.05) is 17.0 Å². The maximum atomic E-state index is 12.5. The van der Waals surface area contributed by atoms with E-state index >= 15 is 0 Å². The molecule has 23 heavy (non-hydrogen) atoms. The number of nitrogens with one attached hydrogen (secondary N) is 1. The lowest BCUT2D eigenvalue weighted by Crippen LogP contribution is -2.05. The fourth-order valence-electron chi connectivity index (χ4n) is 1.97. The zero-order valence-electron chi connectivity index (χ0n) is 11.8. The third kappa shape index (κ3) is 3.50. The van der Waals surface area contributed by atoms with Crippen LogP contribution in [0.2, 0.25) is 0 Å².